The Labute approximate surface area is 181 Å². The molecule has 0 radical (unpaired) electrons. The molecule has 1 amide bonds. The molecule has 9 heteroatoms. The number of carbonyl (C=O) groups is 1. The third kappa shape index (κ3) is 4.72. The topological polar surface area (TPSA) is 95.6 Å². The number of hydrogen-bond donors (Lipinski definition) is 2. The van der Waals surface area contributed by atoms with Crippen LogP contribution in [-0.2, 0) is 11.3 Å². The van der Waals surface area contributed by atoms with Crippen LogP contribution in [0.4, 0.5) is 11.5 Å². The zero-order valence-electron chi connectivity index (χ0n) is 18.1. The van der Waals surface area contributed by atoms with Gasteiger partial charge in [-0.15, -0.1) is 0 Å². The fraction of sp³-hybridized carbons (Fsp3) is 0.409. The minimum Gasteiger partial charge on any atom is -0.490 e. The maximum absolute atomic E-state index is 12.5. The molecule has 9 nitrogen and oxygen atoms in total. The molecule has 2 bridgehead atoms. The quantitative estimate of drug-likeness (QED) is 0.653. The Morgan fingerprint density at radius 3 is 2.94 bits per heavy atom. The van der Waals surface area contributed by atoms with Crippen LogP contribution in [0.15, 0.2) is 30.7 Å². The van der Waals surface area contributed by atoms with Crippen molar-refractivity contribution in [3.8, 4) is 11.5 Å². The molecule has 0 unspecified atom stereocenters. The molecule has 0 atom stereocenters. The van der Waals surface area contributed by atoms with Gasteiger partial charge in [0.2, 0.25) is 0 Å². The number of H-pyrrole nitrogens is 1. The second kappa shape index (κ2) is 9.22. The number of anilines is 2. The average Bonchev–Trinajstić information content (AvgIpc) is 3.16. The fourth-order valence-electron chi connectivity index (χ4n) is 3.68. The van der Waals surface area contributed by atoms with E-state index in [1.165, 1.54) is 6.33 Å². The van der Waals surface area contributed by atoms with E-state index < -0.39 is 0 Å². The number of aromatic nitrogens is 3. The SMILES string of the molecule is CCOc1ccc2cc1OCC(=O)N(C)CCCN(C)Cc1c[nH]c3ncnc(c13)N2. The first kappa shape index (κ1) is 20.9. The lowest BCUT2D eigenvalue weighted by Crippen LogP contribution is -2.33. The van der Waals surface area contributed by atoms with E-state index in [9.17, 15) is 4.79 Å². The van der Waals surface area contributed by atoms with E-state index in [2.05, 4.69) is 32.2 Å². The Morgan fingerprint density at radius 1 is 1.23 bits per heavy atom. The van der Waals surface area contributed by atoms with Crippen LogP contribution < -0.4 is 14.8 Å². The fourth-order valence-corrected chi connectivity index (χ4v) is 3.68. The van der Waals surface area contributed by atoms with Gasteiger partial charge in [0.15, 0.2) is 18.1 Å². The Bertz CT molecular complexity index is 1070. The van der Waals surface area contributed by atoms with Crippen LogP contribution in [0.5, 0.6) is 11.5 Å². The van der Waals surface area contributed by atoms with Crippen molar-refractivity contribution in [3.05, 3.63) is 36.3 Å². The minimum absolute atomic E-state index is 0.0461. The van der Waals surface area contributed by atoms with Crippen LogP contribution in [0.1, 0.15) is 18.9 Å². The average molecular weight is 425 g/mol. The molecule has 31 heavy (non-hydrogen) atoms. The van der Waals surface area contributed by atoms with Crippen LogP contribution in [0.25, 0.3) is 11.0 Å². The number of nitrogens with one attached hydrogen (secondary N) is 2. The normalized spacial score (nSPS) is 16.1. The van der Waals surface area contributed by atoms with Crippen molar-refractivity contribution in [1.29, 1.82) is 0 Å². The predicted molar refractivity (Wildman–Crippen MR) is 119 cm³/mol. The highest BCUT2D eigenvalue weighted by Gasteiger charge is 2.17. The molecule has 0 aliphatic carbocycles. The van der Waals surface area contributed by atoms with Gasteiger partial charge in [-0.05, 0) is 44.6 Å². The first-order valence-electron chi connectivity index (χ1n) is 10.4. The Kier molecular flexibility index (Phi) is 6.22. The van der Waals surface area contributed by atoms with Gasteiger partial charge >= 0.3 is 0 Å². The second-order valence-electron chi connectivity index (χ2n) is 7.67. The standard InChI is InChI=1S/C22H28N6O3/c1-4-30-17-7-6-16-10-18(17)31-13-19(29)28(3)9-5-8-27(2)12-15-11-23-21-20(15)22(26-16)25-14-24-21/h6-7,10-11,14H,4-5,8-9,12-13H2,1-3H3,(H2,23,24,25,26). The van der Waals surface area contributed by atoms with E-state index in [-0.39, 0.29) is 12.5 Å². The highest BCUT2D eigenvalue weighted by atomic mass is 16.5. The maximum Gasteiger partial charge on any atom is 0.260 e. The van der Waals surface area contributed by atoms with Gasteiger partial charge < -0.3 is 29.6 Å². The van der Waals surface area contributed by atoms with Crippen molar-refractivity contribution >= 4 is 28.4 Å². The summed E-state index contributed by atoms with van der Waals surface area (Å²) >= 11 is 0. The van der Waals surface area contributed by atoms with Gasteiger partial charge in [-0.1, -0.05) is 0 Å². The monoisotopic (exact) mass is 424 g/mol. The summed E-state index contributed by atoms with van der Waals surface area (Å²) in [7, 11) is 3.88. The molecule has 164 valence electrons. The van der Waals surface area contributed by atoms with Crippen LogP contribution in [0.2, 0.25) is 0 Å². The summed E-state index contributed by atoms with van der Waals surface area (Å²) in [4.78, 5) is 28.6. The Morgan fingerprint density at radius 2 is 2.10 bits per heavy atom. The van der Waals surface area contributed by atoms with Gasteiger partial charge in [0.1, 0.15) is 17.8 Å². The van der Waals surface area contributed by atoms with Crippen LogP contribution in [-0.4, -0.2) is 71.1 Å². The maximum atomic E-state index is 12.5. The van der Waals surface area contributed by atoms with E-state index in [1.807, 2.05) is 31.3 Å². The van der Waals surface area contributed by atoms with Gasteiger partial charge in [0.25, 0.3) is 5.91 Å². The molecule has 3 heterocycles. The molecule has 0 spiro atoms. The summed E-state index contributed by atoms with van der Waals surface area (Å²) in [5.74, 6) is 1.76. The van der Waals surface area contributed by atoms with Crippen molar-refractivity contribution in [1.82, 2.24) is 24.8 Å². The minimum atomic E-state index is -0.0685. The lowest BCUT2D eigenvalue weighted by atomic mass is 10.2. The van der Waals surface area contributed by atoms with Gasteiger partial charge in [-0.3, -0.25) is 4.79 Å². The first-order valence-corrected chi connectivity index (χ1v) is 10.4. The summed E-state index contributed by atoms with van der Waals surface area (Å²) < 4.78 is 11.5. The van der Waals surface area contributed by atoms with E-state index in [4.69, 9.17) is 9.47 Å². The van der Waals surface area contributed by atoms with Crippen LogP contribution in [0, 0.1) is 0 Å². The second-order valence-corrected chi connectivity index (χ2v) is 7.67. The number of amides is 1. The van der Waals surface area contributed by atoms with Crippen molar-refractivity contribution in [3.63, 3.8) is 0 Å². The zero-order valence-corrected chi connectivity index (χ0v) is 18.1. The molecule has 0 saturated heterocycles. The highest BCUT2D eigenvalue weighted by molar-refractivity contribution is 5.92. The summed E-state index contributed by atoms with van der Waals surface area (Å²) in [6.07, 6.45) is 4.38. The number of carbonyl (C=O) groups excluding carboxylic acids is 1. The summed E-state index contributed by atoms with van der Waals surface area (Å²) in [6, 6.07) is 5.57. The lowest BCUT2D eigenvalue weighted by Gasteiger charge is -2.22. The first-order chi connectivity index (χ1) is 15.0. The van der Waals surface area contributed by atoms with Gasteiger partial charge in [-0.2, -0.15) is 0 Å². The highest BCUT2D eigenvalue weighted by Crippen LogP contribution is 2.33. The van der Waals surface area contributed by atoms with E-state index in [0.717, 1.165) is 41.8 Å². The summed E-state index contributed by atoms with van der Waals surface area (Å²) in [5, 5.41) is 4.34. The number of likely N-dealkylation sites (N-methyl/N-ethyl adjacent to an activating group) is 1. The molecule has 1 aliphatic rings. The number of ether oxygens (including phenoxy) is 2. The molecule has 2 aromatic heterocycles. The van der Waals surface area contributed by atoms with Gasteiger partial charge in [0.05, 0.1) is 12.0 Å². The number of benzene rings is 1. The van der Waals surface area contributed by atoms with Gasteiger partial charge in [-0.25, -0.2) is 9.97 Å². The van der Waals surface area contributed by atoms with E-state index in [0.29, 0.717) is 30.5 Å². The van der Waals surface area contributed by atoms with E-state index >= 15 is 0 Å². The van der Waals surface area contributed by atoms with Crippen molar-refractivity contribution in [2.24, 2.45) is 0 Å². The molecular formula is C22H28N6O3. The molecule has 0 fully saturated rings. The lowest BCUT2D eigenvalue weighted by molar-refractivity contribution is -0.132. The third-order valence-corrected chi connectivity index (χ3v) is 5.31. The van der Waals surface area contributed by atoms with Crippen LogP contribution >= 0.6 is 0 Å². The predicted octanol–water partition coefficient (Wildman–Crippen LogP) is 2.77. The Balaban J connectivity index is 1.74. The Hall–Kier alpha value is -3.33. The summed E-state index contributed by atoms with van der Waals surface area (Å²) in [6.45, 7) is 4.63. The molecule has 0 saturated carbocycles. The van der Waals surface area contributed by atoms with E-state index in [1.54, 1.807) is 11.9 Å². The number of fused-ring (bicyclic) bond motifs is 2. The smallest absolute Gasteiger partial charge is 0.260 e. The molecule has 4 rings (SSSR count). The third-order valence-electron chi connectivity index (χ3n) is 5.31. The van der Waals surface area contributed by atoms with Crippen molar-refractivity contribution in [2.75, 3.05) is 45.7 Å². The molecular weight excluding hydrogens is 396 g/mol. The summed E-state index contributed by atoms with van der Waals surface area (Å²) in [5.41, 5.74) is 2.68. The van der Waals surface area contributed by atoms with Crippen molar-refractivity contribution < 1.29 is 14.3 Å². The molecule has 1 aromatic carbocycles. The van der Waals surface area contributed by atoms with Gasteiger partial charge in [0, 0.05) is 38.1 Å². The number of nitrogens with zero attached hydrogens (tertiary/aromatic N) is 4. The van der Waals surface area contributed by atoms with Crippen LogP contribution in [0.3, 0.4) is 0 Å². The molecule has 3 aromatic rings. The number of aromatic amines is 1. The molecule has 1 aliphatic heterocycles. The zero-order chi connectivity index (χ0) is 21.8. The number of hydrogen-bond acceptors (Lipinski definition) is 7. The largest absolute Gasteiger partial charge is 0.490 e. The number of rotatable bonds is 2. The molecule has 2 N–H and O–H groups in total. The van der Waals surface area contributed by atoms with Crippen molar-refractivity contribution in [2.45, 2.75) is 19.9 Å².